The van der Waals surface area contributed by atoms with Crippen molar-refractivity contribution in [2.45, 2.75) is 13.3 Å². The van der Waals surface area contributed by atoms with Crippen LogP contribution >= 0.6 is 47.8 Å². The lowest BCUT2D eigenvalue weighted by Gasteiger charge is -2.15. The van der Waals surface area contributed by atoms with Crippen molar-refractivity contribution in [3.8, 4) is 0 Å². The van der Waals surface area contributed by atoms with Crippen LogP contribution in [0.15, 0.2) is 29.2 Å². The zero-order chi connectivity index (χ0) is 14.0. The highest BCUT2D eigenvalue weighted by Crippen LogP contribution is 2.43. The predicted molar refractivity (Wildman–Crippen MR) is 79.1 cm³/mol. The highest BCUT2D eigenvalue weighted by Gasteiger charge is 2.39. The Hall–Kier alpha value is 0.0800. The van der Waals surface area contributed by atoms with Gasteiger partial charge in [-0.05, 0) is 66.8 Å². The molecule has 0 heterocycles. The Bertz CT molecular complexity index is 548. The van der Waals surface area contributed by atoms with Crippen LogP contribution in [0, 0.1) is 0 Å². The van der Waals surface area contributed by atoms with Crippen LogP contribution in [0.4, 0.5) is 0 Å². The first-order valence-electron chi connectivity index (χ1n) is 4.79. The molecule has 0 saturated carbocycles. The number of rotatable bonds is 3. The zero-order valence-corrected chi connectivity index (χ0v) is 14.8. The molecule has 0 aliphatic rings. The van der Waals surface area contributed by atoms with E-state index < -0.39 is 17.3 Å². The van der Waals surface area contributed by atoms with Crippen LogP contribution in [0.25, 0.3) is 0 Å². The summed E-state index contributed by atoms with van der Waals surface area (Å²) in [6.07, 6.45) is 0. The number of benzene rings is 1. The fourth-order valence-electron chi connectivity index (χ4n) is 1.20. The van der Waals surface area contributed by atoms with Crippen molar-refractivity contribution >= 4 is 63.6 Å². The first-order chi connectivity index (χ1) is 8.21. The summed E-state index contributed by atoms with van der Waals surface area (Å²) in [5.41, 5.74) is 0.00192. The number of alkyl halides is 3. The van der Waals surface area contributed by atoms with E-state index in [2.05, 4.69) is 47.8 Å². The van der Waals surface area contributed by atoms with Crippen LogP contribution in [-0.4, -0.2) is 22.5 Å². The maximum absolute atomic E-state index is 12.2. The van der Waals surface area contributed by atoms with E-state index in [9.17, 15) is 13.2 Å². The third-order valence-electron chi connectivity index (χ3n) is 1.98. The average Bonchev–Trinajstić information content (AvgIpc) is 2.28. The molecular formula is C10H9Br3O4S. The summed E-state index contributed by atoms with van der Waals surface area (Å²) in [5, 5.41) is 0. The molecule has 0 aliphatic carbocycles. The highest BCUT2D eigenvalue weighted by atomic mass is 80.0. The summed E-state index contributed by atoms with van der Waals surface area (Å²) >= 11 is 8.86. The van der Waals surface area contributed by atoms with Crippen LogP contribution in [0.2, 0.25) is 0 Å². The molecule has 0 saturated heterocycles. The number of hydrogen-bond acceptors (Lipinski definition) is 4. The Morgan fingerprint density at radius 3 is 2.33 bits per heavy atom. The number of ether oxygens (including phenoxy) is 1. The van der Waals surface area contributed by atoms with E-state index in [4.69, 9.17) is 4.74 Å². The lowest BCUT2D eigenvalue weighted by molar-refractivity contribution is 0.0522. The first-order valence-corrected chi connectivity index (χ1v) is 8.65. The van der Waals surface area contributed by atoms with Crippen LogP contribution in [0.3, 0.4) is 0 Å². The summed E-state index contributed by atoms with van der Waals surface area (Å²) < 4.78 is 27.8. The van der Waals surface area contributed by atoms with Crippen molar-refractivity contribution in [3.63, 3.8) is 0 Å². The summed E-state index contributed by atoms with van der Waals surface area (Å²) in [6.45, 7) is 1.83. The molecule has 0 spiro atoms. The van der Waals surface area contributed by atoms with Gasteiger partial charge in [0.1, 0.15) is 0 Å². The molecule has 1 rings (SSSR count). The number of esters is 1. The third kappa shape index (κ3) is 3.34. The second-order valence-corrected chi connectivity index (χ2v) is 13.6. The monoisotopic (exact) mass is 462 g/mol. The maximum Gasteiger partial charge on any atom is 0.339 e. The topological polar surface area (TPSA) is 60.4 Å². The van der Waals surface area contributed by atoms with Gasteiger partial charge in [-0.1, -0.05) is 12.1 Å². The predicted octanol–water partition coefficient (Wildman–Crippen LogP) is 3.43. The van der Waals surface area contributed by atoms with E-state index in [1.54, 1.807) is 13.0 Å². The maximum atomic E-state index is 12.2. The number of carbonyl (C=O) groups excluding carboxylic acids is 1. The molecule has 0 N–H and O–H groups in total. The van der Waals surface area contributed by atoms with Crippen molar-refractivity contribution in [2.75, 3.05) is 6.61 Å². The lowest BCUT2D eigenvalue weighted by Crippen LogP contribution is -2.21. The van der Waals surface area contributed by atoms with Crippen LogP contribution in [-0.2, 0) is 14.6 Å². The largest absolute Gasteiger partial charge is 0.462 e. The van der Waals surface area contributed by atoms with Crippen molar-refractivity contribution < 1.29 is 17.9 Å². The smallest absolute Gasteiger partial charge is 0.339 e. The molecule has 0 aliphatic heterocycles. The first kappa shape index (κ1) is 16.1. The van der Waals surface area contributed by atoms with Crippen molar-refractivity contribution in [1.82, 2.24) is 0 Å². The molecule has 0 fully saturated rings. The van der Waals surface area contributed by atoms with Crippen LogP contribution in [0.1, 0.15) is 17.3 Å². The molecular weight excluding hydrogens is 456 g/mol. The Morgan fingerprint density at radius 2 is 1.83 bits per heavy atom. The van der Waals surface area contributed by atoms with Crippen molar-refractivity contribution in [2.24, 2.45) is 0 Å². The van der Waals surface area contributed by atoms with Crippen LogP contribution < -0.4 is 0 Å². The fourth-order valence-corrected chi connectivity index (χ4v) is 3.72. The molecule has 0 radical (unpaired) electrons. The summed E-state index contributed by atoms with van der Waals surface area (Å²) in [7, 11) is -3.82. The quantitative estimate of drug-likeness (QED) is 0.508. The molecule has 0 bridgehead atoms. The second kappa shape index (κ2) is 6.02. The molecule has 0 atom stereocenters. The van der Waals surface area contributed by atoms with Gasteiger partial charge in [0.25, 0.3) is 0 Å². The normalized spacial score (nSPS) is 12.2. The van der Waals surface area contributed by atoms with E-state index in [-0.39, 0.29) is 17.1 Å². The van der Waals surface area contributed by atoms with E-state index in [1.807, 2.05) is 0 Å². The van der Waals surface area contributed by atoms with Gasteiger partial charge in [-0.15, -0.1) is 0 Å². The molecule has 0 aromatic heterocycles. The number of hydrogen-bond donors (Lipinski definition) is 0. The van der Waals surface area contributed by atoms with E-state index in [0.29, 0.717) is 0 Å². The van der Waals surface area contributed by atoms with Gasteiger partial charge in [-0.3, -0.25) is 0 Å². The van der Waals surface area contributed by atoms with E-state index in [1.165, 1.54) is 18.2 Å². The average molecular weight is 465 g/mol. The molecule has 0 unspecified atom stereocenters. The van der Waals surface area contributed by atoms with Crippen molar-refractivity contribution in [1.29, 1.82) is 0 Å². The summed E-state index contributed by atoms with van der Waals surface area (Å²) in [4.78, 5) is 11.6. The minimum Gasteiger partial charge on any atom is -0.462 e. The van der Waals surface area contributed by atoms with Gasteiger partial charge >= 0.3 is 5.97 Å². The van der Waals surface area contributed by atoms with Gasteiger partial charge in [-0.2, -0.15) is 0 Å². The molecule has 100 valence electrons. The fraction of sp³-hybridized carbons (Fsp3) is 0.300. The van der Waals surface area contributed by atoms with Gasteiger partial charge in [0, 0.05) is 0 Å². The van der Waals surface area contributed by atoms with Crippen LogP contribution in [0.5, 0.6) is 0 Å². The third-order valence-corrected chi connectivity index (χ3v) is 7.36. The van der Waals surface area contributed by atoms with Gasteiger partial charge in [-0.25, -0.2) is 13.2 Å². The SMILES string of the molecule is CCOC(=O)c1ccccc1S(=O)(=O)C(Br)(Br)Br. The summed E-state index contributed by atoms with van der Waals surface area (Å²) in [5.74, 6) is -0.673. The summed E-state index contributed by atoms with van der Waals surface area (Å²) in [6, 6.07) is 5.86. The second-order valence-electron chi connectivity index (χ2n) is 3.17. The van der Waals surface area contributed by atoms with Gasteiger partial charge < -0.3 is 4.74 Å². The Balaban J connectivity index is 3.40. The Morgan fingerprint density at radius 1 is 1.28 bits per heavy atom. The molecule has 1 aromatic rings. The van der Waals surface area contributed by atoms with E-state index in [0.717, 1.165) is 0 Å². The zero-order valence-electron chi connectivity index (χ0n) is 9.19. The number of sulfone groups is 1. The van der Waals surface area contributed by atoms with E-state index >= 15 is 0 Å². The highest BCUT2D eigenvalue weighted by molar-refractivity contribution is 9.42. The minimum atomic E-state index is -3.82. The Labute approximate surface area is 130 Å². The molecule has 1 aromatic carbocycles. The number of halogens is 3. The molecule has 0 amide bonds. The van der Waals surface area contributed by atoms with Crippen molar-refractivity contribution in [3.05, 3.63) is 29.8 Å². The Kier molecular flexibility index (Phi) is 5.40. The van der Waals surface area contributed by atoms with Gasteiger partial charge in [0.15, 0.2) is 0 Å². The molecule has 18 heavy (non-hydrogen) atoms. The standard InChI is InChI=1S/C10H9Br3O4S/c1-2-17-9(14)7-5-3-4-6-8(7)18(15,16)10(11,12)13/h3-6H,2H2,1H3. The molecule has 4 nitrogen and oxygen atoms in total. The number of carbonyl (C=O) groups is 1. The lowest BCUT2D eigenvalue weighted by atomic mass is 10.2. The molecule has 8 heteroatoms. The van der Waals surface area contributed by atoms with Gasteiger partial charge in [0.05, 0.1) is 17.1 Å². The minimum absolute atomic E-state index is 0.00192. The van der Waals surface area contributed by atoms with Gasteiger partial charge in [0.2, 0.25) is 11.3 Å².